The van der Waals surface area contributed by atoms with Crippen molar-refractivity contribution in [3.05, 3.63) is 93.9 Å². The molecule has 0 fully saturated rings. The molecule has 0 aliphatic carbocycles. The maximum absolute atomic E-state index is 15.1. The van der Waals surface area contributed by atoms with Crippen LogP contribution in [0, 0.1) is 11.7 Å². The van der Waals surface area contributed by atoms with Crippen molar-refractivity contribution in [2.45, 2.75) is 39.8 Å². The molecular weight excluding hydrogens is 465 g/mol. The molecule has 8 heteroatoms. The monoisotopic (exact) mass is 493 g/mol. The molecule has 2 aliphatic heterocycles. The number of rotatable bonds is 8. The Balaban J connectivity index is 1.66. The normalized spacial score (nSPS) is 17.2. The van der Waals surface area contributed by atoms with E-state index in [4.69, 9.17) is 4.74 Å². The summed E-state index contributed by atoms with van der Waals surface area (Å²) < 4.78 is 20.7. The fraction of sp³-hybridized carbons (Fsp3) is 0.296. The molecule has 0 radical (unpaired) electrons. The van der Waals surface area contributed by atoms with Gasteiger partial charge in [-0.15, -0.1) is 0 Å². The Hall–Kier alpha value is -3.39. The third-order valence-corrected chi connectivity index (χ3v) is 6.57. The van der Waals surface area contributed by atoms with Gasteiger partial charge in [-0.3, -0.25) is 4.79 Å². The first-order chi connectivity index (χ1) is 16.8. The van der Waals surface area contributed by atoms with Gasteiger partial charge in [-0.05, 0) is 29.9 Å². The number of amides is 1. The van der Waals surface area contributed by atoms with E-state index < -0.39 is 17.8 Å². The number of ether oxygens (including phenoxy) is 1. The van der Waals surface area contributed by atoms with Crippen LogP contribution in [0.2, 0.25) is 0 Å². The zero-order chi connectivity index (χ0) is 24.9. The second-order valence-electron chi connectivity index (χ2n) is 8.85. The molecule has 4 rings (SSSR count). The van der Waals surface area contributed by atoms with Gasteiger partial charge in [0.2, 0.25) is 5.91 Å². The molecule has 0 aromatic heterocycles. The van der Waals surface area contributed by atoms with E-state index in [2.05, 4.69) is 10.3 Å². The molecule has 0 saturated heterocycles. The van der Waals surface area contributed by atoms with Crippen LogP contribution in [0.25, 0.3) is 0 Å². The van der Waals surface area contributed by atoms with Crippen LogP contribution in [0.3, 0.4) is 0 Å². The number of benzene rings is 2. The first-order valence-corrected chi connectivity index (χ1v) is 12.4. The van der Waals surface area contributed by atoms with Gasteiger partial charge in [0.05, 0.1) is 23.7 Å². The molecule has 0 bridgehead atoms. The average molecular weight is 494 g/mol. The van der Waals surface area contributed by atoms with Crippen LogP contribution in [0.15, 0.2) is 82.0 Å². The number of allylic oxidation sites excluding steroid dienone is 1. The van der Waals surface area contributed by atoms with E-state index in [1.165, 1.54) is 17.8 Å². The highest BCUT2D eigenvalue weighted by molar-refractivity contribution is 8.16. The number of aliphatic imine (C=N–C) groups is 1. The van der Waals surface area contributed by atoms with E-state index in [9.17, 15) is 9.59 Å². The van der Waals surface area contributed by atoms with Crippen molar-refractivity contribution in [2.75, 3.05) is 6.54 Å². The number of fused-ring (bicyclic) bond motifs is 1. The molecular formula is C27H28FN3O3S. The molecule has 1 atom stereocenters. The van der Waals surface area contributed by atoms with Crippen molar-refractivity contribution < 1.29 is 18.7 Å². The number of nitrogens with zero attached hydrogens (tertiary/aromatic N) is 2. The van der Waals surface area contributed by atoms with Crippen molar-refractivity contribution in [3.8, 4) is 0 Å². The highest BCUT2D eigenvalue weighted by atomic mass is 32.2. The molecule has 1 N–H and O–H groups in total. The van der Waals surface area contributed by atoms with Gasteiger partial charge in [0.15, 0.2) is 5.17 Å². The molecule has 0 saturated carbocycles. The van der Waals surface area contributed by atoms with E-state index in [1.807, 2.05) is 49.6 Å². The number of esters is 1. The van der Waals surface area contributed by atoms with Crippen molar-refractivity contribution in [2.24, 2.45) is 10.9 Å². The largest absolute Gasteiger partial charge is 0.457 e. The van der Waals surface area contributed by atoms with Gasteiger partial charge in [0.1, 0.15) is 12.4 Å². The predicted octanol–water partition coefficient (Wildman–Crippen LogP) is 5.31. The summed E-state index contributed by atoms with van der Waals surface area (Å²) in [5.41, 5.74) is 2.55. The molecule has 2 aromatic rings. The van der Waals surface area contributed by atoms with Crippen molar-refractivity contribution in [3.63, 3.8) is 0 Å². The number of amidine groups is 1. The minimum atomic E-state index is -0.800. The lowest BCUT2D eigenvalue weighted by Crippen LogP contribution is -2.38. The predicted molar refractivity (Wildman–Crippen MR) is 135 cm³/mol. The van der Waals surface area contributed by atoms with Crippen molar-refractivity contribution in [1.29, 1.82) is 0 Å². The van der Waals surface area contributed by atoms with Gasteiger partial charge in [-0.1, -0.05) is 74.1 Å². The Morgan fingerprint density at radius 1 is 1.14 bits per heavy atom. The fourth-order valence-corrected chi connectivity index (χ4v) is 4.93. The van der Waals surface area contributed by atoms with Gasteiger partial charge >= 0.3 is 5.97 Å². The standard InChI is InChI=1S/C27H28FN3O3S/c1-17(2)14-29-23(32)13-20-16-35-27-30-18(3)24(26(33)34-15-19-9-5-4-6-10-19)25(31(20)27)21-11-7-8-12-22(21)28/h4-12,16-17,25H,13-15H2,1-3H3,(H,29,32)/t25-/m1/s1. The van der Waals surface area contributed by atoms with Crippen LogP contribution in [-0.2, 0) is 20.9 Å². The Bertz CT molecular complexity index is 1210. The van der Waals surface area contributed by atoms with Crippen LogP contribution < -0.4 is 5.32 Å². The van der Waals surface area contributed by atoms with Crippen LogP contribution in [0.4, 0.5) is 4.39 Å². The minimum Gasteiger partial charge on any atom is -0.457 e. The number of hydrogen-bond acceptors (Lipinski definition) is 6. The van der Waals surface area contributed by atoms with Gasteiger partial charge in [0.25, 0.3) is 0 Å². The number of carbonyl (C=O) groups excluding carboxylic acids is 2. The molecule has 2 aliphatic rings. The molecule has 0 unspecified atom stereocenters. The highest BCUT2D eigenvalue weighted by Crippen LogP contribution is 2.45. The van der Waals surface area contributed by atoms with Crippen molar-refractivity contribution >= 4 is 28.8 Å². The average Bonchev–Trinajstić information content (AvgIpc) is 3.23. The second-order valence-corrected chi connectivity index (χ2v) is 9.69. The number of nitrogens with one attached hydrogen (secondary N) is 1. The molecule has 6 nitrogen and oxygen atoms in total. The van der Waals surface area contributed by atoms with Crippen LogP contribution in [0.5, 0.6) is 0 Å². The lowest BCUT2D eigenvalue weighted by atomic mass is 9.93. The van der Waals surface area contributed by atoms with E-state index in [1.54, 1.807) is 30.0 Å². The molecule has 0 spiro atoms. The minimum absolute atomic E-state index is 0.0894. The SMILES string of the molecule is CC1=C(C(=O)OCc2ccccc2)[C@@H](c2ccccc2F)N2C(CC(=O)NCC(C)C)=CSC2=N1. The van der Waals surface area contributed by atoms with Crippen LogP contribution in [-0.4, -0.2) is 28.5 Å². The quantitative estimate of drug-likeness (QED) is 0.505. The van der Waals surface area contributed by atoms with Gasteiger partial charge in [-0.2, -0.15) is 0 Å². The smallest absolute Gasteiger partial charge is 0.338 e. The highest BCUT2D eigenvalue weighted by Gasteiger charge is 2.42. The maximum atomic E-state index is 15.1. The summed E-state index contributed by atoms with van der Waals surface area (Å²) in [5, 5.41) is 5.36. The Morgan fingerprint density at radius 2 is 1.86 bits per heavy atom. The number of thioether (sulfide) groups is 1. The Morgan fingerprint density at radius 3 is 2.57 bits per heavy atom. The summed E-state index contributed by atoms with van der Waals surface area (Å²) in [6.45, 7) is 6.43. The van der Waals surface area contributed by atoms with E-state index >= 15 is 4.39 Å². The number of hydrogen-bond donors (Lipinski definition) is 1. The van der Waals surface area contributed by atoms with Crippen LogP contribution >= 0.6 is 11.8 Å². The van der Waals surface area contributed by atoms with E-state index in [-0.39, 0.29) is 24.5 Å². The lowest BCUT2D eigenvalue weighted by Gasteiger charge is -2.36. The topological polar surface area (TPSA) is 71.0 Å². The Kier molecular flexibility index (Phi) is 7.70. The Labute approximate surface area is 209 Å². The van der Waals surface area contributed by atoms with Crippen molar-refractivity contribution in [1.82, 2.24) is 10.2 Å². The first-order valence-electron chi connectivity index (χ1n) is 11.5. The van der Waals surface area contributed by atoms with Gasteiger partial charge in [-0.25, -0.2) is 14.2 Å². The summed E-state index contributed by atoms with van der Waals surface area (Å²) in [6, 6.07) is 14.9. The zero-order valence-electron chi connectivity index (χ0n) is 20.0. The fourth-order valence-electron chi connectivity index (χ4n) is 3.97. The zero-order valence-corrected chi connectivity index (χ0v) is 20.8. The first kappa shape index (κ1) is 24.7. The molecule has 35 heavy (non-hydrogen) atoms. The third-order valence-electron chi connectivity index (χ3n) is 5.68. The van der Waals surface area contributed by atoms with E-state index in [0.717, 1.165) is 5.56 Å². The summed E-state index contributed by atoms with van der Waals surface area (Å²) in [7, 11) is 0. The molecule has 2 heterocycles. The number of carbonyl (C=O) groups is 2. The lowest BCUT2D eigenvalue weighted by molar-refractivity contribution is -0.141. The summed E-state index contributed by atoms with van der Waals surface area (Å²) in [5.74, 6) is -0.831. The number of halogens is 1. The van der Waals surface area contributed by atoms with Gasteiger partial charge in [0, 0.05) is 17.8 Å². The maximum Gasteiger partial charge on any atom is 0.338 e. The van der Waals surface area contributed by atoms with Gasteiger partial charge < -0.3 is 15.0 Å². The third kappa shape index (κ3) is 5.65. The molecule has 2 aromatic carbocycles. The molecule has 1 amide bonds. The molecule has 182 valence electrons. The summed E-state index contributed by atoms with van der Waals surface area (Å²) in [6.07, 6.45) is 0.0923. The van der Waals surface area contributed by atoms with Crippen LogP contribution in [0.1, 0.15) is 44.4 Å². The second kappa shape index (κ2) is 10.9. The van der Waals surface area contributed by atoms with E-state index in [0.29, 0.717) is 34.6 Å². The summed E-state index contributed by atoms with van der Waals surface area (Å²) in [4.78, 5) is 32.4. The summed E-state index contributed by atoms with van der Waals surface area (Å²) >= 11 is 1.36.